The maximum atomic E-state index is 9.94. The van der Waals surface area contributed by atoms with Gasteiger partial charge in [-0.15, -0.1) is 11.1 Å². The summed E-state index contributed by atoms with van der Waals surface area (Å²) in [6.07, 6.45) is 8.83. The van der Waals surface area contributed by atoms with Crippen molar-refractivity contribution in [2.45, 2.75) is 36.8 Å². The van der Waals surface area contributed by atoms with E-state index in [4.69, 9.17) is 4.34 Å². The molecule has 0 radical (unpaired) electrons. The molecule has 4 heterocycles. The van der Waals surface area contributed by atoms with Gasteiger partial charge in [0.1, 0.15) is 0 Å². The first-order valence-corrected chi connectivity index (χ1v) is 11.5. The molecule has 0 aliphatic carbocycles. The Bertz CT molecular complexity index is 1030. The minimum atomic E-state index is -1.09. The van der Waals surface area contributed by atoms with Gasteiger partial charge >= 0.3 is 17.1 Å². The second kappa shape index (κ2) is 12.3. The van der Waals surface area contributed by atoms with Crippen LogP contribution in [0.2, 0.25) is 0 Å². The van der Waals surface area contributed by atoms with Gasteiger partial charge in [-0.05, 0) is 74.2 Å². The van der Waals surface area contributed by atoms with Crippen LogP contribution in [0.15, 0.2) is 97.6 Å². The largest absolute Gasteiger partial charge is 2.00 e. The van der Waals surface area contributed by atoms with Crippen molar-refractivity contribution in [2.75, 3.05) is 0 Å². The molecule has 174 valence electrons. The Hall–Kier alpha value is -2.48. The molecule has 0 atom stereocenters. The van der Waals surface area contributed by atoms with Gasteiger partial charge in [0.2, 0.25) is 0 Å². The minimum Gasteiger partial charge on any atom is -0.672 e. The molecule has 0 aliphatic rings. The fourth-order valence-electron chi connectivity index (χ4n) is 4.16. The molecular weight excluding hydrogens is 532 g/mol. The van der Waals surface area contributed by atoms with Crippen molar-refractivity contribution in [3.63, 3.8) is 0 Å². The van der Waals surface area contributed by atoms with E-state index in [9.17, 15) is 5.73 Å². The van der Waals surface area contributed by atoms with E-state index in [1.165, 1.54) is 0 Å². The number of rotatable bonds is 10. The zero-order valence-corrected chi connectivity index (χ0v) is 21.2. The maximum Gasteiger partial charge on any atom is 2.00 e. The zero-order chi connectivity index (χ0) is 23.0. The monoisotopic (exact) mass is 556 g/mol. The van der Waals surface area contributed by atoms with Crippen LogP contribution >= 0.6 is 16.1 Å². The number of hydrogen-bond acceptors (Lipinski definition) is 4. The van der Waals surface area contributed by atoms with Gasteiger partial charge < -0.3 is 10.1 Å². The molecular formula is C26H25BrFeN6. The summed E-state index contributed by atoms with van der Waals surface area (Å²) < 4.78 is 4.76. The van der Waals surface area contributed by atoms with Gasteiger partial charge in [-0.1, -0.05) is 24.3 Å². The number of halogens is 1. The van der Waals surface area contributed by atoms with Gasteiger partial charge in [0, 0.05) is 47.6 Å². The summed E-state index contributed by atoms with van der Waals surface area (Å²) >= 11 is 3.46. The van der Waals surface area contributed by atoms with Gasteiger partial charge in [0.05, 0.1) is 0 Å². The molecule has 34 heavy (non-hydrogen) atoms. The minimum absolute atomic E-state index is 0. The molecule has 0 fully saturated rings. The summed E-state index contributed by atoms with van der Waals surface area (Å²) in [6.45, 7) is 0. The van der Waals surface area contributed by atoms with Crippen LogP contribution in [-0.2, 0) is 42.8 Å². The number of nitrogens with zero attached hydrogens (tertiary/aromatic N) is 5. The first-order chi connectivity index (χ1) is 16.1. The Balaban J connectivity index is 0.00000324. The second-order valence-electron chi connectivity index (χ2n) is 8.19. The molecule has 0 spiro atoms. The molecule has 0 saturated carbocycles. The Labute approximate surface area is 219 Å². The molecule has 0 aromatic carbocycles. The van der Waals surface area contributed by atoms with Crippen molar-refractivity contribution in [1.29, 1.82) is 0 Å². The fourth-order valence-corrected chi connectivity index (χ4v) is 4.75. The van der Waals surface area contributed by atoms with Crippen LogP contribution in [-0.4, -0.2) is 31.0 Å². The molecule has 0 aliphatic heterocycles. The molecule has 8 heteroatoms. The summed E-state index contributed by atoms with van der Waals surface area (Å²) in [4.78, 5) is 18.2. The topological polar surface area (TPSA) is 89.5 Å². The van der Waals surface area contributed by atoms with E-state index in [1.807, 2.05) is 72.8 Å². The van der Waals surface area contributed by atoms with Gasteiger partial charge in [0.15, 0.2) is 0 Å². The van der Waals surface area contributed by atoms with E-state index in [0.717, 1.165) is 22.8 Å². The Morgan fingerprint density at radius 3 is 1.18 bits per heavy atom. The standard InChI is InChI=1S/C26H25BrN6.Fe/c27-33-26(19-23-11-3-7-15-31-23,20-24-12-4-8-16-32-24)25(28,17-21-9-1-5-13-29-21)18-22-10-2-6-14-30-22;/h1-16,28H,17-20H2;/q-2;+2. The smallest absolute Gasteiger partial charge is 0.672 e. The molecule has 6 nitrogen and oxygen atoms in total. The van der Waals surface area contributed by atoms with E-state index >= 15 is 0 Å². The normalized spacial score (nSPS) is 11.6. The third kappa shape index (κ3) is 6.34. The van der Waals surface area contributed by atoms with Crippen LogP contribution in [0.1, 0.15) is 22.8 Å². The first-order valence-electron chi connectivity index (χ1n) is 10.8. The third-order valence-electron chi connectivity index (χ3n) is 5.87. The van der Waals surface area contributed by atoms with E-state index in [0.29, 0.717) is 25.7 Å². The van der Waals surface area contributed by atoms with Crippen molar-refractivity contribution in [2.24, 2.45) is 0 Å². The van der Waals surface area contributed by atoms with E-state index < -0.39 is 11.1 Å². The molecule has 4 aromatic rings. The van der Waals surface area contributed by atoms with Gasteiger partial charge in [0.25, 0.3) is 0 Å². The van der Waals surface area contributed by atoms with Crippen LogP contribution < -0.4 is 0 Å². The Morgan fingerprint density at radius 2 is 0.912 bits per heavy atom. The second-order valence-corrected chi connectivity index (χ2v) is 8.54. The summed E-state index contributed by atoms with van der Waals surface area (Å²) in [7, 11) is 0. The maximum absolute atomic E-state index is 9.94. The Kier molecular flexibility index (Phi) is 9.44. The SMILES string of the molecule is [Fe+2].[NH-]C(Cc1ccccn1)(Cc1ccccn1)C(Cc1ccccn1)(Cc1ccccn1)[N-]Br. The van der Waals surface area contributed by atoms with Gasteiger partial charge in [-0.2, -0.15) is 0 Å². The molecule has 0 unspecified atom stereocenters. The van der Waals surface area contributed by atoms with Crippen molar-refractivity contribution in [3.8, 4) is 0 Å². The van der Waals surface area contributed by atoms with Crippen LogP contribution in [0.5, 0.6) is 0 Å². The predicted molar refractivity (Wildman–Crippen MR) is 134 cm³/mol. The Morgan fingerprint density at radius 1 is 0.588 bits per heavy atom. The van der Waals surface area contributed by atoms with Gasteiger partial charge in [-0.25, -0.2) is 16.1 Å². The zero-order valence-electron chi connectivity index (χ0n) is 18.5. The van der Waals surface area contributed by atoms with Crippen molar-refractivity contribution in [3.05, 3.63) is 130 Å². The average molecular weight is 557 g/mol. The van der Waals surface area contributed by atoms with Crippen molar-refractivity contribution in [1.82, 2.24) is 19.9 Å². The fraction of sp³-hybridized carbons (Fsp3) is 0.231. The number of pyridine rings is 4. The number of nitrogens with one attached hydrogen (secondary N) is 1. The molecule has 0 saturated heterocycles. The molecule has 4 rings (SSSR count). The van der Waals surface area contributed by atoms with E-state index in [-0.39, 0.29) is 17.1 Å². The van der Waals surface area contributed by atoms with Crippen LogP contribution in [0.25, 0.3) is 10.1 Å². The summed E-state index contributed by atoms with van der Waals surface area (Å²) in [5.41, 5.74) is 11.4. The van der Waals surface area contributed by atoms with Crippen LogP contribution in [0, 0.1) is 0 Å². The number of aromatic nitrogens is 4. The first kappa shape index (κ1) is 26.1. The quantitative estimate of drug-likeness (QED) is 0.233. The molecule has 0 amide bonds. The molecule has 0 bridgehead atoms. The molecule has 4 aromatic heterocycles. The van der Waals surface area contributed by atoms with Crippen LogP contribution in [0.4, 0.5) is 0 Å². The van der Waals surface area contributed by atoms with Crippen molar-refractivity contribution < 1.29 is 17.1 Å². The van der Waals surface area contributed by atoms with Crippen LogP contribution in [0.3, 0.4) is 0 Å². The third-order valence-corrected chi connectivity index (χ3v) is 6.55. The average Bonchev–Trinajstić information content (AvgIpc) is 2.86. The summed E-state index contributed by atoms with van der Waals surface area (Å²) in [5.74, 6) is 0. The number of hydrogen-bond donors (Lipinski definition) is 0. The summed E-state index contributed by atoms with van der Waals surface area (Å²) in [6, 6.07) is 23.3. The van der Waals surface area contributed by atoms with E-state index in [2.05, 4.69) is 36.1 Å². The summed E-state index contributed by atoms with van der Waals surface area (Å²) in [5, 5.41) is 0. The van der Waals surface area contributed by atoms with Gasteiger partial charge in [-0.3, -0.25) is 19.9 Å². The predicted octanol–water partition coefficient (Wildman–Crippen LogP) is 5.75. The van der Waals surface area contributed by atoms with Crippen molar-refractivity contribution >= 4 is 16.1 Å². The molecule has 1 N–H and O–H groups in total. The van der Waals surface area contributed by atoms with E-state index in [1.54, 1.807) is 24.8 Å².